The summed E-state index contributed by atoms with van der Waals surface area (Å²) in [5.74, 6) is 0. The molecule has 0 aliphatic heterocycles. The molecule has 9 heavy (non-hydrogen) atoms. The Labute approximate surface area is 76.9 Å². The van der Waals surface area contributed by atoms with Gasteiger partial charge in [-0.05, 0) is 6.92 Å². The van der Waals surface area contributed by atoms with Gasteiger partial charge < -0.3 is 5.95 Å². The van der Waals surface area contributed by atoms with Crippen LogP contribution in [0.25, 0.3) is 0 Å². The maximum Gasteiger partial charge on any atom is 1.00 e. The molecule has 0 saturated heterocycles. The van der Waals surface area contributed by atoms with Gasteiger partial charge in [-0.15, -0.1) is 0 Å². The van der Waals surface area contributed by atoms with Gasteiger partial charge in [0.25, 0.3) is 0 Å². The maximum absolute atomic E-state index is 9.81. The molecule has 0 aromatic heterocycles. The number of hydrogen-bond acceptors (Lipinski definition) is 2. The summed E-state index contributed by atoms with van der Waals surface area (Å²) in [6.07, 6.45) is 2.33. The zero-order valence-corrected chi connectivity index (χ0v) is 8.21. The zero-order valence-electron chi connectivity index (χ0n) is 6.31. The van der Waals surface area contributed by atoms with Crippen LogP contribution in [0.3, 0.4) is 0 Å². The zero-order chi connectivity index (χ0) is 6.62. The van der Waals surface area contributed by atoms with Gasteiger partial charge in [-0.2, -0.15) is 0 Å². The van der Waals surface area contributed by atoms with E-state index in [9.17, 15) is 4.57 Å². The molecule has 0 aliphatic rings. The third kappa shape index (κ3) is 12.0. The van der Waals surface area contributed by atoms with Crippen molar-refractivity contribution in [3.8, 4) is 0 Å². The van der Waals surface area contributed by atoms with E-state index in [2.05, 4.69) is 4.52 Å². The van der Waals surface area contributed by atoms with Crippen LogP contribution in [-0.4, -0.2) is 9.79 Å². The Balaban J connectivity index is -0.000000245. The van der Waals surface area contributed by atoms with Gasteiger partial charge in [0, 0.05) is 0 Å². The fourth-order valence-corrected chi connectivity index (χ4v) is 0.420. The van der Waals surface area contributed by atoms with Gasteiger partial charge in [-0.3, -0.25) is 9.79 Å². The molecule has 0 fully saturated rings. The predicted molar refractivity (Wildman–Crippen MR) is 29.1 cm³/mol. The molecule has 0 aliphatic carbocycles. The van der Waals surface area contributed by atoms with Gasteiger partial charge in [-0.1, -0.05) is 6.08 Å². The maximum atomic E-state index is 9.81. The van der Waals surface area contributed by atoms with Gasteiger partial charge in [0.05, 0.1) is 6.26 Å². The normalized spacial score (nSPS) is 11.0. The summed E-state index contributed by atoms with van der Waals surface area (Å²) in [5, 5.41) is 0. The fraction of sp³-hybridized carbons (Fsp3) is 0.333. The van der Waals surface area contributed by atoms with Crippen molar-refractivity contribution in [2.24, 2.45) is 0 Å². The standard InChI is InChI=1S/C3H7O4P.Na.H/c1-2-3-7-8(4,5)6;;/h2-3H,1H3,(H2,4,5,6);;/q;+1;-1/b3-2-;;. The minimum absolute atomic E-state index is 0. The van der Waals surface area contributed by atoms with Crippen molar-refractivity contribution in [2.45, 2.75) is 6.92 Å². The van der Waals surface area contributed by atoms with E-state index in [1.807, 2.05) is 0 Å². The van der Waals surface area contributed by atoms with Gasteiger partial charge >= 0.3 is 37.4 Å². The van der Waals surface area contributed by atoms with Crippen molar-refractivity contribution >= 4 is 7.82 Å². The minimum Gasteiger partial charge on any atom is -1.00 e. The molecule has 0 saturated carbocycles. The Morgan fingerprint density at radius 2 is 2.11 bits per heavy atom. The first-order valence-corrected chi connectivity index (χ1v) is 3.44. The molecule has 6 heteroatoms. The molecule has 4 nitrogen and oxygen atoms in total. The molecule has 0 aromatic carbocycles. The van der Waals surface area contributed by atoms with Crippen LogP contribution < -0.4 is 29.6 Å². The Morgan fingerprint density at radius 3 is 2.22 bits per heavy atom. The van der Waals surface area contributed by atoms with Gasteiger partial charge in [0.2, 0.25) is 0 Å². The average Bonchev–Trinajstić information content (AvgIpc) is 1.59. The Kier molecular flexibility index (Phi) is 7.52. The van der Waals surface area contributed by atoms with Crippen LogP contribution in [0.1, 0.15) is 8.35 Å². The molecule has 0 atom stereocenters. The van der Waals surface area contributed by atoms with E-state index in [0.717, 1.165) is 6.26 Å². The Morgan fingerprint density at radius 1 is 1.67 bits per heavy atom. The molecular formula is C3H8NaO4P. The number of hydrogen-bond donors (Lipinski definition) is 2. The molecule has 0 amide bonds. The largest absolute Gasteiger partial charge is 1.00 e. The van der Waals surface area contributed by atoms with Crippen LogP contribution in [0.5, 0.6) is 0 Å². The van der Waals surface area contributed by atoms with Crippen LogP contribution in [0.2, 0.25) is 0 Å². The molecule has 0 rings (SSSR count). The SMILES string of the molecule is C/C=C\OP(=O)(O)O.[H-].[Na+]. The molecule has 0 radical (unpaired) electrons. The van der Waals surface area contributed by atoms with Crippen molar-refractivity contribution in [1.29, 1.82) is 0 Å². The third-order valence-electron chi connectivity index (χ3n) is 0.334. The van der Waals surface area contributed by atoms with Gasteiger partial charge in [0.1, 0.15) is 0 Å². The Hall–Kier alpha value is 0.690. The van der Waals surface area contributed by atoms with Crippen LogP contribution >= 0.6 is 7.82 Å². The first kappa shape index (κ1) is 12.4. The topological polar surface area (TPSA) is 66.8 Å². The average molecular weight is 162 g/mol. The molecule has 2 N–H and O–H groups in total. The van der Waals surface area contributed by atoms with E-state index < -0.39 is 7.82 Å². The second-order valence-corrected chi connectivity index (χ2v) is 2.26. The second kappa shape index (κ2) is 5.47. The van der Waals surface area contributed by atoms with E-state index in [4.69, 9.17) is 9.79 Å². The summed E-state index contributed by atoms with van der Waals surface area (Å²) >= 11 is 0. The van der Waals surface area contributed by atoms with E-state index in [1.54, 1.807) is 6.92 Å². The van der Waals surface area contributed by atoms with Crippen molar-refractivity contribution in [3.63, 3.8) is 0 Å². The summed E-state index contributed by atoms with van der Waals surface area (Å²) in [6, 6.07) is 0. The quantitative estimate of drug-likeness (QED) is 0.273. The number of allylic oxidation sites excluding steroid dienone is 1. The van der Waals surface area contributed by atoms with E-state index >= 15 is 0 Å². The fourth-order valence-electron chi connectivity index (χ4n) is 0.140. The molecule has 0 unspecified atom stereocenters. The van der Waals surface area contributed by atoms with Crippen LogP contribution in [0.15, 0.2) is 12.3 Å². The summed E-state index contributed by atoms with van der Waals surface area (Å²) in [5.41, 5.74) is 0. The monoisotopic (exact) mass is 162 g/mol. The molecule has 0 spiro atoms. The first-order valence-electron chi connectivity index (χ1n) is 1.91. The summed E-state index contributed by atoms with van der Waals surface area (Å²) in [6.45, 7) is 1.59. The van der Waals surface area contributed by atoms with E-state index in [0.29, 0.717) is 0 Å². The summed E-state index contributed by atoms with van der Waals surface area (Å²) in [4.78, 5) is 16.0. The first-order chi connectivity index (χ1) is 3.56. The van der Waals surface area contributed by atoms with Crippen molar-refractivity contribution in [2.75, 3.05) is 0 Å². The molecule has 50 valence electrons. The summed E-state index contributed by atoms with van der Waals surface area (Å²) < 4.78 is 13.7. The molecule has 0 bridgehead atoms. The number of rotatable bonds is 2. The smallest absolute Gasteiger partial charge is 1.00 e. The van der Waals surface area contributed by atoms with E-state index in [1.165, 1.54) is 6.08 Å². The second-order valence-electron chi connectivity index (χ2n) is 1.07. The molecule has 0 heterocycles. The minimum atomic E-state index is -4.27. The van der Waals surface area contributed by atoms with Crippen molar-refractivity contribution in [3.05, 3.63) is 12.3 Å². The van der Waals surface area contributed by atoms with Crippen LogP contribution in [0, 0.1) is 0 Å². The predicted octanol–water partition coefficient (Wildman–Crippen LogP) is -2.25. The molecule has 0 aromatic rings. The van der Waals surface area contributed by atoms with Gasteiger partial charge in [-0.25, -0.2) is 4.57 Å². The number of phosphoric acid groups is 1. The van der Waals surface area contributed by atoms with Crippen LogP contribution in [0.4, 0.5) is 0 Å². The summed E-state index contributed by atoms with van der Waals surface area (Å²) in [7, 11) is -4.27. The van der Waals surface area contributed by atoms with Crippen molar-refractivity contribution in [1.82, 2.24) is 0 Å². The van der Waals surface area contributed by atoms with Gasteiger partial charge in [0.15, 0.2) is 0 Å². The van der Waals surface area contributed by atoms with Crippen molar-refractivity contribution < 1.29 is 49.9 Å². The molecular weight excluding hydrogens is 154 g/mol. The Bertz CT molecular complexity index is 132. The van der Waals surface area contributed by atoms with Crippen LogP contribution in [-0.2, 0) is 9.09 Å². The third-order valence-corrected chi connectivity index (χ3v) is 0.731. The number of phosphoric ester groups is 1. The van der Waals surface area contributed by atoms with E-state index in [-0.39, 0.29) is 31.0 Å².